The summed E-state index contributed by atoms with van der Waals surface area (Å²) < 4.78 is 7.85. The molecule has 0 atom stereocenters. The second-order valence-corrected chi connectivity index (χ2v) is 6.69. The molecule has 1 amide bonds. The third-order valence-corrected chi connectivity index (χ3v) is 4.50. The summed E-state index contributed by atoms with van der Waals surface area (Å²) in [5.41, 5.74) is 8.90. The molecule has 0 aliphatic heterocycles. The Labute approximate surface area is 172 Å². The van der Waals surface area contributed by atoms with Crippen molar-refractivity contribution in [2.24, 2.45) is 12.8 Å². The number of aromatic nitrogens is 3. The summed E-state index contributed by atoms with van der Waals surface area (Å²) in [5, 5.41) is 12.2. The van der Waals surface area contributed by atoms with Crippen molar-refractivity contribution >= 4 is 28.6 Å². The lowest BCUT2D eigenvalue weighted by Gasteiger charge is -2.07. The Morgan fingerprint density at radius 3 is 2.67 bits per heavy atom. The Kier molecular flexibility index (Phi) is 5.01. The molecule has 8 heteroatoms. The average molecular weight is 398 g/mol. The zero-order valence-corrected chi connectivity index (χ0v) is 16.2. The summed E-state index contributed by atoms with van der Waals surface area (Å²) >= 11 is 0. The van der Waals surface area contributed by atoms with Crippen molar-refractivity contribution in [3.8, 4) is 17.6 Å². The van der Waals surface area contributed by atoms with Gasteiger partial charge in [0.15, 0.2) is 0 Å². The van der Waals surface area contributed by atoms with E-state index in [1.165, 1.54) is 0 Å². The van der Waals surface area contributed by atoms with Crippen molar-refractivity contribution in [2.75, 3.05) is 5.32 Å². The number of nitrogens with zero attached hydrogens (tertiary/aromatic N) is 4. The van der Waals surface area contributed by atoms with Crippen LogP contribution >= 0.6 is 0 Å². The van der Waals surface area contributed by atoms with E-state index in [4.69, 9.17) is 15.7 Å². The van der Waals surface area contributed by atoms with Crippen LogP contribution in [0, 0.1) is 11.3 Å². The molecule has 0 bridgehead atoms. The minimum absolute atomic E-state index is 0.0564. The van der Waals surface area contributed by atoms with Crippen LogP contribution in [0.5, 0.6) is 11.5 Å². The first-order valence-corrected chi connectivity index (χ1v) is 9.16. The lowest BCUT2D eigenvalue weighted by Crippen LogP contribution is -2.14. The Bertz CT molecular complexity index is 1270. The van der Waals surface area contributed by atoms with E-state index in [-0.39, 0.29) is 6.42 Å². The van der Waals surface area contributed by atoms with E-state index in [2.05, 4.69) is 21.4 Å². The number of pyridine rings is 1. The number of carbonyl (C=O) groups is 1. The number of amides is 1. The molecule has 0 spiro atoms. The third kappa shape index (κ3) is 4.05. The molecule has 4 rings (SSSR count). The van der Waals surface area contributed by atoms with Gasteiger partial charge in [-0.15, -0.1) is 0 Å². The van der Waals surface area contributed by atoms with Crippen LogP contribution in [0.4, 0.5) is 11.6 Å². The number of imidazole rings is 1. The molecule has 0 aliphatic carbocycles. The number of nitrogens with two attached hydrogens (primary N) is 1. The van der Waals surface area contributed by atoms with E-state index in [1.54, 1.807) is 30.5 Å². The Balaban J connectivity index is 1.57. The number of fused-ring (bicyclic) bond motifs is 1. The molecule has 0 fully saturated rings. The molecule has 0 aliphatic rings. The van der Waals surface area contributed by atoms with E-state index in [9.17, 15) is 4.79 Å². The lowest BCUT2D eigenvalue weighted by molar-refractivity contribution is -0.117. The number of benzene rings is 2. The zero-order chi connectivity index (χ0) is 21.1. The number of primary amides is 1. The van der Waals surface area contributed by atoms with E-state index in [1.807, 2.05) is 41.9 Å². The smallest absolute Gasteiger partial charge is 0.223 e. The predicted molar refractivity (Wildman–Crippen MR) is 112 cm³/mol. The molecule has 3 N–H and O–H groups in total. The van der Waals surface area contributed by atoms with Crippen molar-refractivity contribution in [1.29, 1.82) is 5.26 Å². The maximum absolute atomic E-state index is 11.1. The molecule has 2 aromatic heterocycles. The summed E-state index contributed by atoms with van der Waals surface area (Å²) in [6.07, 6.45) is 1.63. The minimum Gasteiger partial charge on any atom is -0.457 e. The number of ether oxygens (including phenoxy) is 1. The Hall–Kier alpha value is -4.38. The van der Waals surface area contributed by atoms with Gasteiger partial charge in [0, 0.05) is 31.1 Å². The molecule has 148 valence electrons. The fourth-order valence-electron chi connectivity index (χ4n) is 3.04. The first-order valence-electron chi connectivity index (χ1n) is 9.16. The van der Waals surface area contributed by atoms with E-state index < -0.39 is 5.91 Å². The molecular formula is C22H18N6O2. The molecule has 0 saturated heterocycles. The van der Waals surface area contributed by atoms with Crippen molar-refractivity contribution in [1.82, 2.24) is 14.5 Å². The number of nitriles is 1. The first-order chi connectivity index (χ1) is 14.5. The highest BCUT2D eigenvalue weighted by Gasteiger charge is 2.10. The molecule has 0 radical (unpaired) electrons. The number of anilines is 2. The van der Waals surface area contributed by atoms with Crippen LogP contribution in [0.2, 0.25) is 0 Å². The summed E-state index contributed by atoms with van der Waals surface area (Å²) in [6.45, 7) is 0. The summed E-state index contributed by atoms with van der Waals surface area (Å²) in [4.78, 5) is 19.8. The maximum atomic E-state index is 11.1. The first kappa shape index (κ1) is 19.0. The second kappa shape index (κ2) is 7.93. The summed E-state index contributed by atoms with van der Waals surface area (Å²) in [5.74, 6) is 1.39. The van der Waals surface area contributed by atoms with Crippen LogP contribution in [-0.2, 0) is 18.3 Å². The van der Waals surface area contributed by atoms with Gasteiger partial charge in [-0.25, -0.2) is 4.98 Å². The molecule has 2 heterocycles. The van der Waals surface area contributed by atoms with Crippen LogP contribution < -0.4 is 15.8 Å². The largest absolute Gasteiger partial charge is 0.457 e. The van der Waals surface area contributed by atoms with Crippen molar-refractivity contribution in [3.05, 3.63) is 72.1 Å². The van der Waals surface area contributed by atoms with Crippen LogP contribution in [0.3, 0.4) is 0 Å². The Morgan fingerprint density at radius 2 is 1.93 bits per heavy atom. The highest BCUT2D eigenvalue weighted by atomic mass is 16.5. The van der Waals surface area contributed by atoms with Gasteiger partial charge in [-0.3, -0.25) is 9.78 Å². The number of nitrogens with one attached hydrogen (secondary N) is 1. The van der Waals surface area contributed by atoms with Gasteiger partial charge < -0.3 is 20.4 Å². The normalized spacial score (nSPS) is 10.5. The summed E-state index contributed by atoms with van der Waals surface area (Å²) in [6, 6.07) is 18.3. The van der Waals surface area contributed by atoms with Crippen LogP contribution in [0.15, 0.2) is 60.8 Å². The number of hydrogen-bond acceptors (Lipinski definition) is 6. The van der Waals surface area contributed by atoms with Gasteiger partial charge in [0.25, 0.3) is 0 Å². The minimum atomic E-state index is -0.447. The van der Waals surface area contributed by atoms with Crippen molar-refractivity contribution < 1.29 is 9.53 Å². The maximum Gasteiger partial charge on any atom is 0.223 e. The van der Waals surface area contributed by atoms with Gasteiger partial charge in [-0.05, 0) is 42.5 Å². The van der Waals surface area contributed by atoms with Crippen molar-refractivity contribution in [3.63, 3.8) is 0 Å². The summed E-state index contributed by atoms with van der Waals surface area (Å²) in [7, 11) is 1.92. The van der Waals surface area contributed by atoms with Gasteiger partial charge in [0.05, 0.1) is 34.8 Å². The number of hydrogen-bond donors (Lipinski definition) is 2. The van der Waals surface area contributed by atoms with Gasteiger partial charge in [-0.2, -0.15) is 5.26 Å². The fourth-order valence-corrected chi connectivity index (χ4v) is 3.04. The highest BCUT2D eigenvalue weighted by Crippen LogP contribution is 2.28. The monoisotopic (exact) mass is 398 g/mol. The van der Waals surface area contributed by atoms with Gasteiger partial charge in [0.2, 0.25) is 11.9 Å². The third-order valence-electron chi connectivity index (χ3n) is 4.50. The van der Waals surface area contributed by atoms with E-state index >= 15 is 0 Å². The molecular weight excluding hydrogens is 380 g/mol. The molecule has 30 heavy (non-hydrogen) atoms. The standard InChI is InChI=1S/C22H18N6O2/c1-28-20-7-6-17(30-18-8-9-25-16(10-18)11-21(24)29)12-19(20)27-22(28)26-15-4-2-14(13-23)3-5-15/h2-10,12H,11H2,1H3,(H2,24,29)(H,26,27). The van der Waals surface area contributed by atoms with Gasteiger partial charge in [0.1, 0.15) is 11.5 Å². The van der Waals surface area contributed by atoms with Crippen LogP contribution in [0.1, 0.15) is 11.3 Å². The SMILES string of the molecule is Cn1c(Nc2ccc(C#N)cc2)nc2cc(Oc3ccnc(CC(N)=O)c3)ccc21. The van der Waals surface area contributed by atoms with Gasteiger partial charge >= 0.3 is 0 Å². The van der Waals surface area contributed by atoms with Crippen molar-refractivity contribution in [2.45, 2.75) is 6.42 Å². The highest BCUT2D eigenvalue weighted by molar-refractivity contribution is 5.81. The number of aryl methyl sites for hydroxylation is 1. The van der Waals surface area contributed by atoms with E-state index in [0.717, 1.165) is 16.7 Å². The van der Waals surface area contributed by atoms with Gasteiger partial charge in [-0.1, -0.05) is 0 Å². The number of rotatable bonds is 6. The molecule has 0 saturated carbocycles. The predicted octanol–water partition coefficient (Wildman–Crippen LogP) is 3.40. The molecule has 4 aromatic rings. The second-order valence-electron chi connectivity index (χ2n) is 6.69. The molecule has 2 aromatic carbocycles. The fraction of sp³-hybridized carbons (Fsp3) is 0.0909. The van der Waals surface area contributed by atoms with E-state index in [0.29, 0.717) is 28.7 Å². The topological polar surface area (TPSA) is 119 Å². The molecule has 0 unspecified atom stereocenters. The Morgan fingerprint density at radius 1 is 1.17 bits per heavy atom. The van der Waals surface area contributed by atoms with Crippen LogP contribution in [-0.4, -0.2) is 20.4 Å². The lowest BCUT2D eigenvalue weighted by atomic mass is 10.2. The zero-order valence-electron chi connectivity index (χ0n) is 16.2. The number of carbonyl (C=O) groups excluding carboxylic acids is 1. The quantitative estimate of drug-likeness (QED) is 0.514. The van der Waals surface area contributed by atoms with Crippen LogP contribution in [0.25, 0.3) is 11.0 Å². The average Bonchev–Trinajstić information content (AvgIpc) is 3.03. The molecule has 8 nitrogen and oxygen atoms in total.